The number of rotatable bonds is 12. The predicted octanol–water partition coefficient (Wildman–Crippen LogP) is 5.84. The summed E-state index contributed by atoms with van der Waals surface area (Å²) in [5, 5.41) is 2.56. The van der Waals surface area contributed by atoms with E-state index in [9.17, 15) is 32.3 Å². The summed E-state index contributed by atoms with van der Waals surface area (Å²) >= 11 is 6.93. The standard InChI is InChI=1S/C25H27ClF3NO5S/c1-13(2)17(23(33)25(27,28)29)12-19(32)22(15-5-7-16(35-4)8-6-15)30-24(34)14(3)11-18(31)20-9-10-21(26)36-20/h5-10,13-14,17,22H,11-12H2,1-4H3,(H,30,34)/t14-,17+,22+/m1/s1. The predicted molar refractivity (Wildman–Crippen MR) is 130 cm³/mol. The van der Waals surface area contributed by atoms with Crippen LogP contribution in [-0.4, -0.2) is 36.5 Å². The zero-order chi connectivity index (χ0) is 27.2. The molecular weight excluding hydrogens is 519 g/mol. The van der Waals surface area contributed by atoms with Crippen molar-refractivity contribution in [2.45, 2.75) is 45.8 Å². The first kappa shape index (κ1) is 29.5. The van der Waals surface area contributed by atoms with Crippen molar-refractivity contribution in [3.63, 3.8) is 0 Å². The van der Waals surface area contributed by atoms with E-state index in [0.29, 0.717) is 20.5 Å². The molecule has 6 nitrogen and oxygen atoms in total. The lowest BCUT2D eigenvalue weighted by Crippen LogP contribution is -2.40. The van der Waals surface area contributed by atoms with E-state index in [4.69, 9.17) is 16.3 Å². The summed E-state index contributed by atoms with van der Waals surface area (Å²) < 4.78 is 44.9. The fraction of sp³-hybridized carbons (Fsp3) is 0.440. The second kappa shape index (κ2) is 12.5. The van der Waals surface area contributed by atoms with Crippen molar-refractivity contribution in [1.82, 2.24) is 5.32 Å². The summed E-state index contributed by atoms with van der Waals surface area (Å²) in [4.78, 5) is 50.9. The molecular formula is C25H27ClF3NO5S. The van der Waals surface area contributed by atoms with Crippen LogP contribution in [0.2, 0.25) is 4.34 Å². The number of halogens is 4. The van der Waals surface area contributed by atoms with Crippen molar-refractivity contribution >= 4 is 46.2 Å². The Kier molecular flexibility index (Phi) is 10.2. The molecule has 11 heteroatoms. The number of ketones is 3. The van der Waals surface area contributed by atoms with Gasteiger partial charge in [0.15, 0.2) is 11.6 Å². The fourth-order valence-electron chi connectivity index (χ4n) is 3.54. The van der Waals surface area contributed by atoms with Gasteiger partial charge in [-0.15, -0.1) is 11.3 Å². The highest BCUT2D eigenvalue weighted by Gasteiger charge is 2.45. The Labute approximate surface area is 216 Å². The minimum absolute atomic E-state index is 0.159. The average Bonchev–Trinajstić information content (AvgIpc) is 3.25. The number of amides is 1. The van der Waals surface area contributed by atoms with E-state index in [-0.39, 0.29) is 12.2 Å². The molecule has 196 valence electrons. The molecule has 3 atom stereocenters. The molecule has 0 saturated heterocycles. The third kappa shape index (κ3) is 7.89. The van der Waals surface area contributed by atoms with E-state index in [1.54, 1.807) is 12.1 Å². The number of ether oxygens (including phenoxy) is 1. The first-order chi connectivity index (χ1) is 16.7. The number of benzene rings is 1. The van der Waals surface area contributed by atoms with E-state index < -0.39 is 53.9 Å². The van der Waals surface area contributed by atoms with Crippen LogP contribution in [0, 0.1) is 17.8 Å². The van der Waals surface area contributed by atoms with Crippen LogP contribution in [-0.2, 0) is 14.4 Å². The van der Waals surface area contributed by atoms with Crippen molar-refractivity contribution in [3.05, 3.63) is 51.2 Å². The lowest BCUT2D eigenvalue weighted by molar-refractivity contribution is -0.177. The van der Waals surface area contributed by atoms with Gasteiger partial charge in [-0.05, 0) is 35.7 Å². The molecule has 1 aromatic heterocycles. The molecule has 1 N–H and O–H groups in total. The van der Waals surface area contributed by atoms with Gasteiger partial charge in [0, 0.05) is 24.7 Å². The third-order valence-corrected chi connectivity index (χ3v) is 6.96. The molecule has 0 aliphatic rings. The van der Waals surface area contributed by atoms with Gasteiger partial charge in [0.05, 0.1) is 16.3 Å². The maximum atomic E-state index is 13.2. The molecule has 1 amide bonds. The fourth-order valence-corrected chi connectivity index (χ4v) is 4.53. The van der Waals surface area contributed by atoms with Crippen LogP contribution >= 0.6 is 22.9 Å². The number of alkyl halides is 3. The van der Waals surface area contributed by atoms with E-state index in [0.717, 1.165) is 11.3 Å². The molecule has 0 unspecified atom stereocenters. The van der Waals surface area contributed by atoms with Crippen molar-refractivity contribution in [2.24, 2.45) is 17.8 Å². The van der Waals surface area contributed by atoms with Gasteiger partial charge in [0.25, 0.3) is 0 Å². The molecule has 0 radical (unpaired) electrons. The lowest BCUT2D eigenvalue weighted by Gasteiger charge is -2.25. The number of hydrogen-bond acceptors (Lipinski definition) is 6. The van der Waals surface area contributed by atoms with Crippen LogP contribution in [0.25, 0.3) is 0 Å². The molecule has 1 heterocycles. The number of carbonyl (C=O) groups is 4. The second-order valence-corrected chi connectivity index (χ2v) is 10.4. The van der Waals surface area contributed by atoms with Gasteiger partial charge in [0.1, 0.15) is 11.8 Å². The second-order valence-electron chi connectivity index (χ2n) is 8.73. The lowest BCUT2D eigenvalue weighted by atomic mass is 9.84. The zero-order valence-corrected chi connectivity index (χ0v) is 21.7. The molecule has 1 aromatic carbocycles. The number of methoxy groups -OCH3 is 1. The summed E-state index contributed by atoms with van der Waals surface area (Å²) in [5.41, 5.74) is 0.305. The molecule has 0 aliphatic carbocycles. The van der Waals surface area contributed by atoms with Gasteiger partial charge >= 0.3 is 6.18 Å². The minimum atomic E-state index is -5.09. The summed E-state index contributed by atoms with van der Waals surface area (Å²) in [6.07, 6.45) is -5.96. The highest BCUT2D eigenvalue weighted by Crippen LogP contribution is 2.31. The number of thiophene rings is 1. The molecule has 0 aliphatic heterocycles. The first-order valence-corrected chi connectivity index (χ1v) is 12.3. The van der Waals surface area contributed by atoms with E-state index in [1.807, 2.05) is 0 Å². The van der Waals surface area contributed by atoms with Crippen LogP contribution in [0.5, 0.6) is 5.75 Å². The van der Waals surface area contributed by atoms with Gasteiger partial charge in [-0.3, -0.25) is 19.2 Å². The van der Waals surface area contributed by atoms with E-state index in [2.05, 4.69) is 5.32 Å². The molecule has 0 spiro atoms. The van der Waals surface area contributed by atoms with Gasteiger partial charge in [-0.2, -0.15) is 13.2 Å². The summed E-state index contributed by atoms with van der Waals surface area (Å²) in [7, 11) is 1.44. The Morgan fingerprint density at radius 2 is 1.61 bits per heavy atom. The van der Waals surface area contributed by atoms with Crippen LogP contribution in [0.15, 0.2) is 36.4 Å². The van der Waals surface area contributed by atoms with Gasteiger partial charge in [-0.25, -0.2) is 0 Å². The Balaban J connectivity index is 2.26. The van der Waals surface area contributed by atoms with Crippen molar-refractivity contribution in [3.8, 4) is 5.75 Å². The summed E-state index contributed by atoms with van der Waals surface area (Å²) in [5.74, 6) is -6.42. The monoisotopic (exact) mass is 545 g/mol. The first-order valence-electron chi connectivity index (χ1n) is 11.1. The smallest absolute Gasteiger partial charge is 0.450 e. The Bertz CT molecular complexity index is 1100. The van der Waals surface area contributed by atoms with Crippen LogP contribution < -0.4 is 10.1 Å². The van der Waals surface area contributed by atoms with Crippen molar-refractivity contribution in [1.29, 1.82) is 0 Å². The Morgan fingerprint density at radius 1 is 1.00 bits per heavy atom. The number of nitrogens with one attached hydrogen (secondary N) is 1. The number of carbonyl (C=O) groups excluding carboxylic acids is 4. The van der Waals surface area contributed by atoms with Gasteiger partial charge < -0.3 is 10.1 Å². The normalized spacial score (nSPS) is 14.1. The highest BCUT2D eigenvalue weighted by molar-refractivity contribution is 7.18. The minimum Gasteiger partial charge on any atom is -0.497 e. The Morgan fingerprint density at radius 3 is 2.08 bits per heavy atom. The summed E-state index contributed by atoms with van der Waals surface area (Å²) in [6, 6.07) is 7.87. The van der Waals surface area contributed by atoms with Crippen LogP contribution in [0.4, 0.5) is 13.2 Å². The zero-order valence-electron chi connectivity index (χ0n) is 20.1. The number of Topliss-reactive ketones (excluding diaryl/α,β-unsaturated/α-hetero) is 3. The van der Waals surface area contributed by atoms with Crippen molar-refractivity contribution < 1.29 is 37.1 Å². The van der Waals surface area contributed by atoms with Gasteiger partial charge in [-0.1, -0.05) is 44.5 Å². The molecule has 0 fully saturated rings. The van der Waals surface area contributed by atoms with Gasteiger partial charge in [0.2, 0.25) is 11.7 Å². The largest absolute Gasteiger partial charge is 0.497 e. The van der Waals surface area contributed by atoms with Crippen LogP contribution in [0.3, 0.4) is 0 Å². The molecule has 2 aromatic rings. The maximum absolute atomic E-state index is 13.2. The van der Waals surface area contributed by atoms with E-state index >= 15 is 0 Å². The quantitative estimate of drug-likeness (QED) is 0.338. The number of hydrogen-bond donors (Lipinski definition) is 1. The van der Waals surface area contributed by atoms with E-state index in [1.165, 1.54) is 52.1 Å². The average molecular weight is 546 g/mol. The van der Waals surface area contributed by atoms with Crippen molar-refractivity contribution in [2.75, 3.05) is 7.11 Å². The highest BCUT2D eigenvalue weighted by atomic mass is 35.5. The molecule has 0 bridgehead atoms. The molecule has 0 saturated carbocycles. The SMILES string of the molecule is COc1ccc([C@H](NC(=O)[C@H](C)CC(=O)c2ccc(Cl)s2)C(=O)C[C@H](C(=O)C(F)(F)F)C(C)C)cc1. The summed E-state index contributed by atoms with van der Waals surface area (Å²) in [6.45, 7) is 4.35. The Hall–Kier alpha value is -2.72. The maximum Gasteiger partial charge on any atom is 0.450 e. The third-order valence-electron chi connectivity index (χ3n) is 5.69. The topological polar surface area (TPSA) is 89.5 Å². The molecule has 2 rings (SSSR count). The molecule has 36 heavy (non-hydrogen) atoms. The van der Waals surface area contributed by atoms with Crippen LogP contribution in [0.1, 0.15) is 54.9 Å².